The molecule has 3 aliphatic rings. The lowest BCUT2D eigenvalue weighted by Gasteiger charge is -2.26. The van der Waals surface area contributed by atoms with Gasteiger partial charge in [0.25, 0.3) is 5.56 Å². The van der Waals surface area contributed by atoms with Crippen molar-refractivity contribution in [1.29, 1.82) is 0 Å². The topological polar surface area (TPSA) is 105 Å². The maximum atomic E-state index is 13.8. The first-order valence-corrected chi connectivity index (χ1v) is 11.2. The van der Waals surface area contributed by atoms with Crippen LogP contribution in [-0.4, -0.2) is 47.7 Å². The molecule has 3 aromatic rings. The van der Waals surface area contributed by atoms with Gasteiger partial charge in [-0.3, -0.25) is 14.7 Å². The molecule has 0 fully saturated rings. The molecule has 1 unspecified atom stereocenters. The van der Waals surface area contributed by atoms with E-state index >= 15 is 0 Å². The van der Waals surface area contributed by atoms with E-state index in [1.807, 2.05) is 12.1 Å². The van der Waals surface area contributed by atoms with Gasteiger partial charge in [0, 0.05) is 43.0 Å². The Morgan fingerprint density at radius 3 is 2.68 bits per heavy atom. The summed E-state index contributed by atoms with van der Waals surface area (Å²) in [4.78, 5) is 27.5. The van der Waals surface area contributed by atoms with E-state index in [9.17, 15) is 9.59 Å². The van der Waals surface area contributed by atoms with Crippen molar-refractivity contribution in [2.45, 2.75) is 31.9 Å². The summed E-state index contributed by atoms with van der Waals surface area (Å²) in [5.41, 5.74) is 4.33. The highest BCUT2D eigenvalue weighted by atomic mass is 16.7. The number of ether oxygens (including phenoxy) is 4. The first-order valence-electron chi connectivity index (χ1n) is 11.2. The van der Waals surface area contributed by atoms with Gasteiger partial charge in [0.2, 0.25) is 6.79 Å². The average molecular weight is 461 g/mol. The van der Waals surface area contributed by atoms with E-state index in [1.165, 1.54) is 0 Å². The number of hydrogen-bond donors (Lipinski definition) is 1. The summed E-state index contributed by atoms with van der Waals surface area (Å²) in [7, 11) is 3.15. The molecule has 1 aromatic carbocycles. The monoisotopic (exact) mass is 461 g/mol. The van der Waals surface area contributed by atoms with Crippen molar-refractivity contribution in [2.24, 2.45) is 0 Å². The SMILES string of the molecule is COC1=Cc2c(c3c(n(CCCc4cc[nH]n4)c2=O)-c2cc4c(cc2C3=O)OCO4)CC1OC. The molecular weight excluding hydrogens is 438 g/mol. The quantitative estimate of drug-likeness (QED) is 0.471. The summed E-state index contributed by atoms with van der Waals surface area (Å²) in [5.74, 6) is 1.56. The van der Waals surface area contributed by atoms with Gasteiger partial charge in [-0.2, -0.15) is 5.10 Å². The van der Waals surface area contributed by atoms with Crippen LogP contribution in [0, 0.1) is 0 Å². The second-order valence-corrected chi connectivity index (χ2v) is 8.50. The smallest absolute Gasteiger partial charge is 0.258 e. The Hall–Kier alpha value is -3.85. The van der Waals surface area contributed by atoms with Crippen LogP contribution in [0.1, 0.15) is 39.2 Å². The number of aryl methyl sites for hydroxylation is 1. The molecule has 2 aliphatic carbocycles. The Labute approximate surface area is 194 Å². The molecule has 0 amide bonds. The van der Waals surface area contributed by atoms with Gasteiger partial charge in [-0.25, -0.2) is 0 Å². The van der Waals surface area contributed by atoms with Crippen LogP contribution < -0.4 is 15.0 Å². The van der Waals surface area contributed by atoms with Gasteiger partial charge in [-0.15, -0.1) is 0 Å². The molecule has 0 spiro atoms. The van der Waals surface area contributed by atoms with E-state index in [2.05, 4.69) is 10.2 Å². The standard InChI is InChI=1S/C25H23N3O6/c1-31-18-8-14-17(11-19(18)32-2)25(30)28(7-3-4-13-5-6-26-27-13)23-15-9-20-21(34-12-33-20)10-16(15)24(29)22(14)23/h5-6,9-11,18H,3-4,7-8,12H2,1-2H3,(H,26,27). The number of methoxy groups -OCH3 is 2. The first kappa shape index (κ1) is 20.7. The molecule has 0 saturated carbocycles. The van der Waals surface area contributed by atoms with Crippen LogP contribution in [0.25, 0.3) is 17.3 Å². The van der Waals surface area contributed by atoms with E-state index in [-0.39, 0.29) is 24.2 Å². The number of hydrogen-bond acceptors (Lipinski definition) is 7. The number of H-pyrrole nitrogens is 1. The maximum absolute atomic E-state index is 13.8. The number of carbonyl (C=O) groups excluding carboxylic acids is 1. The minimum Gasteiger partial charge on any atom is -0.498 e. The van der Waals surface area contributed by atoms with Crippen molar-refractivity contribution in [3.63, 3.8) is 0 Å². The number of pyridine rings is 1. The number of fused-ring (bicyclic) bond motifs is 6. The molecule has 0 radical (unpaired) electrons. The van der Waals surface area contributed by atoms with Crippen LogP contribution in [0.3, 0.4) is 0 Å². The van der Waals surface area contributed by atoms with Crippen molar-refractivity contribution < 1.29 is 23.7 Å². The van der Waals surface area contributed by atoms with Crippen LogP contribution >= 0.6 is 0 Å². The molecule has 1 N–H and O–H groups in total. The Balaban J connectivity index is 1.54. The highest BCUT2D eigenvalue weighted by Crippen LogP contribution is 2.46. The fraction of sp³-hybridized carbons (Fsp3) is 0.320. The van der Waals surface area contributed by atoms with Gasteiger partial charge in [0.1, 0.15) is 11.9 Å². The van der Waals surface area contributed by atoms with Gasteiger partial charge in [0.15, 0.2) is 17.3 Å². The molecule has 9 nitrogen and oxygen atoms in total. The van der Waals surface area contributed by atoms with Crippen molar-refractivity contribution in [3.05, 3.63) is 68.5 Å². The predicted octanol–water partition coefficient (Wildman–Crippen LogP) is 2.70. The number of aromatic amines is 1. The normalized spacial score (nSPS) is 17.3. The number of nitrogens with one attached hydrogen (secondary N) is 1. The van der Waals surface area contributed by atoms with Crippen LogP contribution in [0.5, 0.6) is 11.5 Å². The molecule has 9 heteroatoms. The highest BCUT2D eigenvalue weighted by molar-refractivity contribution is 6.22. The third-order valence-electron chi connectivity index (χ3n) is 6.74. The molecular formula is C25H23N3O6. The molecule has 1 atom stereocenters. The summed E-state index contributed by atoms with van der Waals surface area (Å²) < 4.78 is 23.9. The largest absolute Gasteiger partial charge is 0.498 e. The lowest BCUT2D eigenvalue weighted by atomic mass is 9.89. The summed E-state index contributed by atoms with van der Waals surface area (Å²) in [6.45, 7) is 0.548. The number of benzene rings is 1. The van der Waals surface area contributed by atoms with Gasteiger partial charge < -0.3 is 23.5 Å². The minimum atomic E-state index is -0.371. The van der Waals surface area contributed by atoms with Crippen LogP contribution in [0.15, 0.2) is 34.9 Å². The zero-order chi connectivity index (χ0) is 23.4. The minimum absolute atomic E-state index is 0.111. The molecule has 34 heavy (non-hydrogen) atoms. The summed E-state index contributed by atoms with van der Waals surface area (Å²) in [6.07, 6.45) is 4.88. The zero-order valence-corrected chi connectivity index (χ0v) is 18.8. The van der Waals surface area contributed by atoms with Crippen molar-refractivity contribution in [3.8, 4) is 22.8 Å². The number of carbonyl (C=O) groups is 1. The van der Waals surface area contributed by atoms with Crippen LogP contribution in [0.4, 0.5) is 0 Å². The van der Waals surface area contributed by atoms with Gasteiger partial charge in [-0.1, -0.05) is 0 Å². The first-order chi connectivity index (χ1) is 16.6. The number of aromatic nitrogens is 3. The third-order valence-corrected chi connectivity index (χ3v) is 6.74. The van der Waals surface area contributed by atoms with E-state index in [1.54, 1.807) is 37.1 Å². The van der Waals surface area contributed by atoms with E-state index < -0.39 is 0 Å². The Morgan fingerprint density at radius 2 is 1.97 bits per heavy atom. The molecule has 3 heterocycles. The molecule has 2 aromatic heterocycles. The predicted molar refractivity (Wildman–Crippen MR) is 122 cm³/mol. The lowest BCUT2D eigenvalue weighted by molar-refractivity contribution is 0.0790. The lowest BCUT2D eigenvalue weighted by Crippen LogP contribution is -2.32. The average Bonchev–Trinajstić information content (AvgIpc) is 3.59. The van der Waals surface area contributed by atoms with E-state index in [0.29, 0.717) is 76.6 Å². The number of rotatable bonds is 6. The van der Waals surface area contributed by atoms with Crippen LogP contribution in [0.2, 0.25) is 0 Å². The third kappa shape index (κ3) is 3.00. The summed E-state index contributed by atoms with van der Waals surface area (Å²) >= 11 is 0. The molecule has 6 rings (SSSR count). The maximum Gasteiger partial charge on any atom is 0.258 e. The van der Waals surface area contributed by atoms with Crippen LogP contribution in [-0.2, 0) is 28.9 Å². The van der Waals surface area contributed by atoms with E-state index in [4.69, 9.17) is 18.9 Å². The fourth-order valence-corrected chi connectivity index (χ4v) is 5.11. The zero-order valence-electron chi connectivity index (χ0n) is 18.8. The van der Waals surface area contributed by atoms with E-state index in [0.717, 1.165) is 5.69 Å². The van der Waals surface area contributed by atoms with Gasteiger partial charge in [0.05, 0.1) is 24.1 Å². The number of ketones is 1. The number of nitrogens with zero attached hydrogens (tertiary/aromatic N) is 2. The molecule has 1 aliphatic heterocycles. The summed E-state index contributed by atoms with van der Waals surface area (Å²) in [5, 5.41) is 7.02. The molecule has 0 bridgehead atoms. The molecule has 0 saturated heterocycles. The van der Waals surface area contributed by atoms with Gasteiger partial charge >= 0.3 is 0 Å². The Morgan fingerprint density at radius 1 is 1.18 bits per heavy atom. The molecule has 174 valence electrons. The second-order valence-electron chi connectivity index (χ2n) is 8.50. The summed E-state index contributed by atoms with van der Waals surface area (Å²) in [6, 6.07) is 5.44. The van der Waals surface area contributed by atoms with Gasteiger partial charge in [-0.05, 0) is 42.7 Å². The van der Waals surface area contributed by atoms with Crippen molar-refractivity contribution in [1.82, 2.24) is 14.8 Å². The Kier molecular flexibility index (Phi) is 4.80. The highest BCUT2D eigenvalue weighted by Gasteiger charge is 2.39. The van der Waals surface area contributed by atoms with Crippen molar-refractivity contribution in [2.75, 3.05) is 21.0 Å². The van der Waals surface area contributed by atoms with Crippen molar-refractivity contribution >= 4 is 11.9 Å². The Bertz CT molecular complexity index is 1400. The second kappa shape index (κ2) is 7.88. The fourth-order valence-electron chi connectivity index (χ4n) is 5.11.